The SMILES string of the molecule is Clc1cnccc1Nc1cn[nH]c1. The highest BCUT2D eigenvalue weighted by molar-refractivity contribution is 6.33. The monoisotopic (exact) mass is 194 g/mol. The number of nitrogens with zero attached hydrogens (tertiary/aromatic N) is 2. The van der Waals surface area contributed by atoms with Gasteiger partial charge in [-0.15, -0.1) is 0 Å². The molecule has 66 valence electrons. The van der Waals surface area contributed by atoms with Crippen LogP contribution in [0.2, 0.25) is 5.02 Å². The summed E-state index contributed by atoms with van der Waals surface area (Å²) in [5, 5.41) is 10.2. The number of anilines is 2. The summed E-state index contributed by atoms with van der Waals surface area (Å²) in [6.07, 6.45) is 6.69. The van der Waals surface area contributed by atoms with Crippen LogP contribution in [0, 0.1) is 0 Å². The summed E-state index contributed by atoms with van der Waals surface area (Å²) in [4.78, 5) is 3.88. The Bertz CT molecular complexity index is 385. The van der Waals surface area contributed by atoms with E-state index in [9.17, 15) is 0 Å². The molecule has 2 aromatic rings. The van der Waals surface area contributed by atoms with E-state index in [2.05, 4.69) is 20.5 Å². The van der Waals surface area contributed by atoms with Crippen LogP contribution in [-0.4, -0.2) is 15.2 Å². The lowest BCUT2D eigenvalue weighted by atomic mass is 10.4. The van der Waals surface area contributed by atoms with Crippen molar-refractivity contribution >= 4 is 23.0 Å². The van der Waals surface area contributed by atoms with E-state index in [0.717, 1.165) is 11.4 Å². The van der Waals surface area contributed by atoms with E-state index in [1.165, 1.54) is 0 Å². The number of H-pyrrole nitrogens is 1. The summed E-state index contributed by atoms with van der Waals surface area (Å²) < 4.78 is 0. The molecule has 2 aromatic heterocycles. The highest BCUT2D eigenvalue weighted by Gasteiger charge is 1.99. The molecule has 0 amide bonds. The smallest absolute Gasteiger partial charge is 0.0824 e. The maximum Gasteiger partial charge on any atom is 0.0824 e. The average Bonchev–Trinajstić information content (AvgIpc) is 2.61. The summed E-state index contributed by atoms with van der Waals surface area (Å²) in [6, 6.07) is 1.80. The molecule has 2 N–H and O–H groups in total. The van der Waals surface area contributed by atoms with Gasteiger partial charge in [-0.2, -0.15) is 5.10 Å². The fourth-order valence-electron chi connectivity index (χ4n) is 0.951. The minimum absolute atomic E-state index is 0.587. The van der Waals surface area contributed by atoms with Gasteiger partial charge in [-0.05, 0) is 6.07 Å². The van der Waals surface area contributed by atoms with Crippen molar-refractivity contribution in [3.8, 4) is 0 Å². The van der Waals surface area contributed by atoms with Gasteiger partial charge in [0.05, 0.1) is 22.6 Å². The van der Waals surface area contributed by atoms with Crippen LogP contribution < -0.4 is 5.32 Å². The number of hydrogen-bond acceptors (Lipinski definition) is 3. The summed E-state index contributed by atoms with van der Waals surface area (Å²) in [6.45, 7) is 0. The number of hydrogen-bond donors (Lipinski definition) is 2. The largest absolute Gasteiger partial charge is 0.352 e. The van der Waals surface area contributed by atoms with Crippen molar-refractivity contribution in [2.45, 2.75) is 0 Å². The van der Waals surface area contributed by atoms with Gasteiger partial charge in [-0.3, -0.25) is 10.1 Å². The first-order chi connectivity index (χ1) is 6.36. The summed E-state index contributed by atoms with van der Waals surface area (Å²) in [5.41, 5.74) is 1.69. The Balaban J connectivity index is 2.24. The fraction of sp³-hybridized carbons (Fsp3) is 0. The van der Waals surface area contributed by atoms with Gasteiger partial charge in [0.15, 0.2) is 0 Å². The van der Waals surface area contributed by atoms with E-state index >= 15 is 0 Å². The second kappa shape index (κ2) is 3.45. The molecule has 13 heavy (non-hydrogen) atoms. The maximum absolute atomic E-state index is 5.89. The predicted octanol–water partition coefficient (Wildman–Crippen LogP) is 2.20. The standard InChI is InChI=1S/C8H7ClN4/c9-7-5-10-2-1-8(7)13-6-3-11-12-4-6/h1-5H,(H,10,13)(H,11,12). The van der Waals surface area contributed by atoms with E-state index in [4.69, 9.17) is 11.6 Å². The first kappa shape index (κ1) is 8.07. The first-order valence-corrected chi connectivity index (χ1v) is 4.09. The molecule has 0 bridgehead atoms. The van der Waals surface area contributed by atoms with Gasteiger partial charge in [0.2, 0.25) is 0 Å². The van der Waals surface area contributed by atoms with Crippen LogP contribution in [0.25, 0.3) is 0 Å². The lowest BCUT2D eigenvalue weighted by molar-refractivity contribution is 1.09. The summed E-state index contributed by atoms with van der Waals surface area (Å²) in [5.74, 6) is 0. The van der Waals surface area contributed by atoms with Gasteiger partial charge >= 0.3 is 0 Å². The Morgan fingerprint density at radius 1 is 1.38 bits per heavy atom. The normalized spacial score (nSPS) is 9.92. The molecule has 0 aliphatic heterocycles. The van der Waals surface area contributed by atoms with E-state index in [-0.39, 0.29) is 0 Å². The number of halogens is 1. The molecule has 0 spiro atoms. The molecule has 0 radical (unpaired) electrons. The number of aromatic nitrogens is 3. The second-order valence-electron chi connectivity index (χ2n) is 2.47. The molecule has 0 aliphatic carbocycles. The third-order valence-corrected chi connectivity index (χ3v) is 1.85. The van der Waals surface area contributed by atoms with Crippen molar-refractivity contribution in [1.82, 2.24) is 15.2 Å². The van der Waals surface area contributed by atoms with Gasteiger partial charge in [-0.1, -0.05) is 11.6 Å². The van der Waals surface area contributed by atoms with Crippen LogP contribution in [0.4, 0.5) is 11.4 Å². The van der Waals surface area contributed by atoms with Crippen LogP contribution in [0.1, 0.15) is 0 Å². The van der Waals surface area contributed by atoms with Crippen molar-refractivity contribution < 1.29 is 0 Å². The van der Waals surface area contributed by atoms with Crippen molar-refractivity contribution in [3.63, 3.8) is 0 Å². The third-order valence-electron chi connectivity index (χ3n) is 1.55. The van der Waals surface area contributed by atoms with E-state index in [0.29, 0.717) is 5.02 Å². The van der Waals surface area contributed by atoms with E-state index < -0.39 is 0 Å². The van der Waals surface area contributed by atoms with E-state index in [1.54, 1.807) is 30.9 Å². The van der Waals surface area contributed by atoms with Gasteiger partial charge in [0, 0.05) is 18.6 Å². The topological polar surface area (TPSA) is 53.6 Å². The number of aromatic amines is 1. The molecule has 5 heteroatoms. The van der Waals surface area contributed by atoms with Gasteiger partial charge in [0.25, 0.3) is 0 Å². The first-order valence-electron chi connectivity index (χ1n) is 3.71. The molecule has 0 fully saturated rings. The lowest BCUT2D eigenvalue weighted by Gasteiger charge is -2.03. The molecule has 0 unspecified atom stereocenters. The molecule has 4 nitrogen and oxygen atoms in total. The van der Waals surface area contributed by atoms with E-state index in [1.807, 2.05) is 0 Å². The summed E-state index contributed by atoms with van der Waals surface area (Å²) in [7, 11) is 0. The third kappa shape index (κ3) is 1.78. The Labute approximate surface area is 80.0 Å². The number of pyridine rings is 1. The zero-order valence-corrected chi connectivity index (χ0v) is 7.42. The van der Waals surface area contributed by atoms with Crippen molar-refractivity contribution in [2.24, 2.45) is 0 Å². The number of nitrogens with one attached hydrogen (secondary N) is 2. The summed E-state index contributed by atoms with van der Waals surface area (Å²) >= 11 is 5.89. The minimum Gasteiger partial charge on any atom is -0.352 e. The van der Waals surface area contributed by atoms with Crippen molar-refractivity contribution in [2.75, 3.05) is 5.32 Å². The van der Waals surface area contributed by atoms with Crippen LogP contribution >= 0.6 is 11.6 Å². The zero-order valence-electron chi connectivity index (χ0n) is 6.66. The fourth-order valence-corrected chi connectivity index (χ4v) is 1.12. The molecule has 0 aromatic carbocycles. The Hall–Kier alpha value is -1.55. The molecule has 2 rings (SSSR count). The molecule has 0 saturated carbocycles. The molecular formula is C8H7ClN4. The average molecular weight is 195 g/mol. The molecular weight excluding hydrogens is 188 g/mol. The van der Waals surface area contributed by atoms with Crippen molar-refractivity contribution in [3.05, 3.63) is 35.9 Å². The highest BCUT2D eigenvalue weighted by atomic mass is 35.5. The molecule has 0 atom stereocenters. The van der Waals surface area contributed by atoms with Gasteiger partial charge < -0.3 is 5.32 Å². The Kier molecular flexibility index (Phi) is 2.14. The molecule has 0 saturated heterocycles. The minimum atomic E-state index is 0.587. The number of rotatable bonds is 2. The highest BCUT2D eigenvalue weighted by Crippen LogP contribution is 2.22. The maximum atomic E-state index is 5.89. The predicted molar refractivity (Wildman–Crippen MR) is 51.1 cm³/mol. The van der Waals surface area contributed by atoms with Gasteiger partial charge in [-0.25, -0.2) is 0 Å². The zero-order chi connectivity index (χ0) is 9.10. The Morgan fingerprint density at radius 3 is 3.00 bits per heavy atom. The van der Waals surface area contributed by atoms with Gasteiger partial charge in [0.1, 0.15) is 0 Å². The Morgan fingerprint density at radius 2 is 2.31 bits per heavy atom. The van der Waals surface area contributed by atoms with Crippen LogP contribution in [-0.2, 0) is 0 Å². The lowest BCUT2D eigenvalue weighted by Crippen LogP contribution is -1.89. The quantitative estimate of drug-likeness (QED) is 0.771. The van der Waals surface area contributed by atoms with Crippen LogP contribution in [0.15, 0.2) is 30.9 Å². The second-order valence-corrected chi connectivity index (χ2v) is 2.87. The van der Waals surface area contributed by atoms with Crippen molar-refractivity contribution in [1.29, 1.82) is 0 Å². The molecule has 2 heterocycles. The molecule has 0 aliphatic rings. The van der Waals surface area contributed by atoms with Crippen LogP contribution in [0.5, 0.6) is 0 Å². The van der Waals surface area contributed by atoms with Crippen LogP contribution in [0.3, 0.4) is 0 Å².